The molecule has 0 amide bonds. The number of nitrogens with two attached hydrogens (primary N) is 1. The summed E-state index contributed by atoms with van der Waals surface area (Å²) in [4.78, 5) is 0. The Labute approximate surface area is 96.7 Å². The SMILES string of the molecule is Cc1cc(-c2cc(N)ccc2F)c(F)cc1F. The minimum atomic E-state index is -0.808. The predicted octanol–water partition coefficient (Wildman–Crippen LogP) is 3.66. The van der Waals surface area contributed by atoms with Gasteiger partial charge in [-0.2, -0.15) is 0 Å². The molecule has 1 nitrogen and oxygen atoms in total. The Kier molecular flexibility index (Phi) is 2.79. The van der Waals surface area contributed by atoms with Gasteiger partial charge in [0.2, 0.25) is 0 Å². The summed E-state index contributed by atoms with van der Waals surface area (Å²) >= 11 is 0. The Bertz CT molecular complexity index is 579. The molecule has 0 saturated carbocycles. The molecule has 0 radical (unpaired) electrons. The van der Waals surface area contributed by atoms with Crippen molar-refractivity contribution in [2.45, 2.75) is 6.92 Å². The van der Waals surface area contributed by atoms with Crippen LogP contribution in [0.15, 0.2) is 30.3 Å². The van der Waals surface area contributed by atoms with Crippen LogP contribution < -0.4 is 5.73 Å². The van der Waals surface area contributed by atoms with Crippen LogP contribution in [0.4, 0.5) is 18.9 Å². The van der Waals surface area contributed by atoms with Crippen LogP contribution in [-0.4, -0.2) is 0 Å². The molecule has 0 aliphatic carbocycles. The molecule has 2 rings (SSSR count). The second kappa shape index (κ2) is 4.13. The Balaban J connectivity index is 2.68. The van der Waals surface area contributed by atoms with Crippen LogP contribution in [0.3, 0.4) is 0 Å². The van der Waals surface area contributed by atoms with Crippen LogP contribution in [0.5, 0.6) is 0 Å². The van der Waals surface area contributed by atoms with E-state index < -0.39 is 17.5 Å². The molecular weight excluding hydrogens is 227 g/mol. The van der Waals surface area contributed by atoms with E-state index in [0.29, 0.717) is 5.69 Å². The van der Waals surface area contributed by atoms with Crippen molar-refractivity contribution in [3.8, 4) is 11.1 Å². The highest BCUT2D eigenvalue weighted by Crippen LogP contribution is 2.29. The average molecular weight is 237 g/mol. The molecule has 2 aromatic rings. The fourth-order valence-electron chi connectivity index (χ4n) is 1.61. The van der Waals surface area contributed by atoms with Crippen molar-refractivity contribution in [2.24, 2.45) is 0 Å². The van der Waals surface area contributed by atoms with Crippen molar-refractivity contribution in [3.63, 3.8) is 0 Å². The molecule has 2 N–H and O–H groups in total. The summed E-state index contributed by atoms with van der Waals surface area (Å²) in [6, 6.07) is 5.87. The lowest BCUT2D eigenvalue weighted by Crippen LogP contribution is -1.94. The summed E-state index contributed by atoms with van der Waals surface area (Å²) in [5.74, 6) is -2.06. The normalized spacial score (nSPS) is 10.6. The Morgan fingerprint density at radius 1 is 0.824 bits per heavy atom. The molecule has 2 aromatic carbocycles. The molecule has 0 bridgehead atoms. The van der Waals surface area contributed by atoms with Crippen LogP contribution in [0.2, 0.25) is 0 Å². The van der Waals surface area contributed by atoms with Crippen molar-refractivity contribution in [1.82, 2.24) is 0 Å². The highest BCUT2D eigenvalue weighted by molar-refractivity contribution is 5.69. The molecule has 0 aliphatic rings. The lowest BCUT2D eigenvalue weighted by atomic mass is 10.0. The molecule has 0 heterocycles. The number of rotatable bonds is 1. The van der Waals surface area contributed by atoms with Crippen LogP contribution >= 0.6 is 0 Å². The second-order valence-corrected chi connectivity index (χ2v) is 3.82. The first-order valence-corrected chi connectivity index (χ1v) is 5.00. The largest absolute Gasteiger partial charge is 0.399 e. The summed E-state index contributed by atoms with van der Waals surface area (Å²) in [5, 5.41) is 0. The summed E-state index contributed by atoms with van der Waals surface area (Å²) in [7, 11) is 0. The van der Waals surface area contributed by atoms with E-state index in [-0.39, 0.29) is 16.7 Å². The number of aryl methyl sites for hydroxylation is 1. The number of hydrogen-bond acceptors (Lipinski definition) is 1. The number of hydrogen-bond donors (Lipinski definition) is 1. The molecule has 0 saturated heterocycles. The van der Waals surface area contributed by atoms with Gasteiger partial charge in [-0.3, -0.25) is 0 Å². The van der Waals surface area contributed by atoms with Gasteiger partial charge < -0.3 is 5.73 Å². The van der Waals surface area contributed by atoms with E-state index in [4.69, 9.17) is 5.73 Å². The maximum Gasteiger partial charge on any atom is 0.134 e. The van der Waals surface area contributed by atoms with Gasteiger partial charge in [0.25, 0.3) is 0 Å². The standard InChI is InChI=1S/C13H10F3N/c1-7-4-9(13(16)6-12(7)15)10-5-8(17)2-3-11(10)14/h2-6H,17H2,1H3. The van der Waals surface area contributed by atoms with E-state index >= 15 is 0 Å². The molecule has 0 aromatic heterocycles. The topological polar surface area (TPSA) is 26.0 Å². The van der Waals surface area contributed by atoms with E-state index in [0.717, 1.165) is 12.1 Å². The van der Waals surface area contributed by atoms with E-state index in [1.165, 1.54) is 25.1 Å². The second-order valence-electron chi connectivity index (χ2n) is 3.82. The molecule has 4 heteroatoms. The summed E-state index contributed by atoms with van der Waals surface area (Å²) < 4.78 is 40.2. The summed E-state index contributed by atoms with van der Waals surface area (Å²) in [6.45, 7) is 1.49. The number of benzene rings is 2. The smallest absolute Gasteiger partial charge is 0.134 e. The third-order valence-corrected chi connectivity index (χ3v) is 2.53. The van der Waals surface area contributed by atoms with Gasteiger partial charge in [-0.25, -0.2) is 13.2 Å². The van der Waals surface area contributed by atoms with Gasteiger partial charge in [-0.15, -0.1) is 0 Å². The van der Waals surface area contributed by atoms with Gasteiger partial charge in [0.15, 0.2) is 0 Å². The van der Waals surface area contributed by atoms with Crippen LogP contribution in [-0.2, 0) is 0 Å². The average Bonchev–Trinajstić information content (AvgIpc) is 2.27. The maximum absolute atomic E-state index is 13.6. The van der Waals surface area contributed by atoms with Gasteiger partial charge in [0.1, 0.15) is 17.5 Å². The lowest BCUT2D eigenvalue weighted by molar-refractivity contribution is 0.577. The van der Waals surface area contributed by atoms with Crippen molar-refractivity contribution in [2.75, 3.05) is 5.73 Å². The van der Waals surface area contributed by atoms with Gasteiger partial charge >= 0.3 is 0 Å². The molecule has 88 valence electrons. The van der Waals surface area contributed by atoms with Gasteiger partial charge in [-0.1, -0.05) is 0 Å². The highest BCUT2D eigenvalue weighted by atomic mass is 19.1. The Hall–Kier alpha value is -1.97. The zero-order chi connectivity index (χ0) is 12.6. The molecule has 0 unspecified atom stereocenters. The Morgan fingerprint density at radius 2 is 1.47 bits per heavy atom. The van der Waals surface area contributed by atoms with Crippen LogP contribution in [0.25, 0.3) is 11.1 Å². The molecule has 0 fully saturated rings. The van der Waals surface area contributed by atoms with Crippen molar-refractivity contribution < 1.29 is 13.2 Å². The third kappa shape index (κ3) is 2.11. The summed E-state index contributed by atoms with van der Waals surface area (Å²) in [6.07, 6.45) is 0. The van der Waals surface area contributed by atoms with E-state index in [1.807, 2.05) is 0 Å². The lowest BCUT2D eigenvalue weighted by Gasteiger charge is -2.08. The van der Waals surface area contributed by atoms with Crippen molar-refractivity contribution >= 4 is 5.69 Å². The van der Waals surface area contributed by atoms with Crippen LogP contribution in [0.1, 0.15) is 5.56 Å². The van der Waals surface area contributed by atoms with Gasteiger partial charge in [-0.05, 0) is 36.8 Å². The fourth-order valence-corrected chi connectivity index (χ4v) is 1.61. The quantitative estimate of drug-likeness (QED) is 0.752. The Morgan fingerprint density at radius 3 is 2.18 bits per heavy atom. The molecule has 0 atom stereocenters. The number of nitrogen functional groups attached to an aromatic ring is 1. The first kappa shape index (κ1) is 11.5. The fraction of sp³-hybridized carbons (Fsp3) is 0.0769. The first-order chi connectivity index (χ1) is 7.99. The van der Waals surface area contributed by atoms with Gasteiger partial charge in [0, 0.05) is 22.9 Å². The zero-order valence-electron chi connectivity index (χ0n) is 9.10. The van der Waals surface area contributed by atoms with Crippen molar-refractivity contribution in [1.29, 1.82) is 0 Å². The molecule has 17 heavy (non-hydrogen) atoms. The number of anilines is 1. The van der Waals surface area contributed by atoms with Crippen LogP contribution in [0, 0.1) is 24.4 Å². The van der Waals surface area contributed by atoms with E-state index in [2.05, 4.69) is 0 Å². The van der Waals surface area contributed by atoms with E-state index in [9.17, 15) is 13.2 Å². The number of halogens is 3. The third-order valence-electron chi connectivity index (χ3n) is 2.53. The summed E-state index contributed by atoms with van der Waals surface area (Å²) in [5.41, 5.74) is 6.14. The zero-order valence-corrected chi connectivity index (χ0v) is 9.10. The van der Waals surface area contributed by atoms with E-state index in [1.54, 1.807) is 0 Å². The van der Waals surface area contributed by atoms with Crippen molar-refractivity contribution in [3.05, 3.63) is 53.3 Å². The highest BCUT2D eigenvalue weighted by Gasteiger charge is 2.13. The monoisotopic (exact) mass is 237 g/mol. The molecular formula is C13H10F3N. The van der Waals surface area contributed by atoms with Gasteiger partial charge in [0.05, 0.1) is 0 Å². The predicted molar refractivity (Wildman–Crippen MR) is 60.9 cm³/mol. The minimum absolute atomic E-state index is 0.00806. The first-order valence-electron chi connectivity index (χ1n) is 5.00. The minimum Gasteiger partial charge on any atom is -0.399 e. The maximum atomic E-state index is 13.6. The molecule has 0 aliphatic heterocycles. The molecule has 0 spiro atoms.